The minimum atomic E-state index is -0.840. The van der Waals surface area contributed by atoms with Crippen LogP contribution in [0.5, 0.6) is 0 Å². The molecule has 0 fully saturated rings. The Bertz CT molecular complexity index is 441. The summed E-state index contributed by atoms with van der Waals surface area (Å²) in [5.74, 6) is -0.831. The quantitative estimate of drug-likeness (QED) is 0.735. The summed E-state index contributed by atoms with van der Waals surface area (Å²) in [5, 5.41) is 12.5. The van der Waals surface area contributed by atoms with Crippen LogP contribution in [-0.4, -0.2) is 30.8 Å². The Morgan fingerprint density at radius 2 is 1.76 bits per heavy atom. The van der Waals surface area contributed by atoms with Gasteiger partial charge in [0.25, 0.3) is 0 Å². The molecule has 0 atom stereocenters. The van der Waals surface area contributed by atoms with Crippen molar-refractivity contribution in [3.8, 4) is 0 Å². The van der Waals surface area contributed by atoms with E-state index >= 15 is 0 Å². The fraction of sp³-hybridized carbons (Fsp3) is 0.588. The van der Waals surface area contributed by atoms with E-state index in [1.807, 2.05) is 18.2 Å². The molecule has 0 aliphatic carbocycles. The van der Waals surface area contributed by atoms with Crippen molar-refractivity contribution in [2.75, 3.05) is 19.8 Å². The van der Waals surface area contributed by atoms with Crippen molar-refractivity contribution in [2.24, 2.45) is 10.8 Å². The fourth-order valence-corrected chi connectivity index (χ4v) is 1.84. The number of benzene rings is 1. The number of aliphatic carboxylic acids is 1. The van der Waals surface area contributed by atoms with Crippen LogP contribution in [0.3, 0.4) is 0 Å². The van der Waals surface area contributed by atoms with Crippen molar-refractivity contribution in [1.82, 2.24) is 5.32 Å². The van der Waals surface area contributed by atoms with Crippen molar-refractivity contribution >= 4 is 5.97 Å². The standard InChI is InChI=1S/C17H27NO3/c1-16(2,12-21-13-17(3,4)15(19)20)11-18-10-14-8-6-5-7-9-14/h5-9,18H,10-13H2,1-4H3,(H,19,20). The summed E-state index contributed by atoms with van der Waals surface area (Å²) in [6.45, 7) is 9.97. The third-order valence-electron chi connectivity index (χ3n) is 3.31. The van der Waals surface area contributed by atoms with E-state index < -0.39 is 11.4 Å². The summed E-state index contributed by atoms with van der Waals surface area (Å²) in [7, 11) is 0. The van der Waals surface area contributed by atoms with Crippen LogP contribution in [0.1, 0.15) is 33.3 Å². The first-order chi connectivity index (χ1) is 9.73. The van der Waals surface area contributed by atoms with E-state index in [0.29, 0.717) is 6.61 Å². The third kappa shape index (κ3) is 6.74. The molecule has 0 heterocycles. The number of rotatable bonds is 9. The molecular formula is C17H27NO3. The largest absolute Gasteiger partial charge is 0.481 e. The molecule has 0 aliphatic heterocycles. The molecule has 0 spiro atoms. The first-order valence-electron chi connectivity index (χ1n) is 7.29. The van der Waals surface area contributed by atoms with Crippen LogP contribution in [0.4, 0.5) is 0 Å². The van der Waals surface area contributed by atoms with E-state index in [-0.39, 0.29) is 12.0 Å². The normalized spacial score (nSPS) is 12.4. The highest BCUT2D eigenvalue weighted by Crippen LogP contribution is 2.19. The number of carbonyl (C=O) groups is 1. The summed E-state index contributed by atoms with van der Waals surface area (Å²) in [4.78, 5) is 11.0. The lowest BCUT2D eigenvalue weighted by molar-refractivity contribution is -0.151. The third-order valence-corrected chi connectivity index (χ3v) is 3.31. The van der Waals surface area contributed by atoms with Crippen molar-refractivity contribution in [3.05, 3.63) is 35.9 Å². The highest BCUT2D eigenvalue weighted by atomic mass is 16.5. The maximum absolute atomic E-state index is 11.0. The van der Waals surface area contributed by atoms with Gasteiger partial charge in [-0.1, -0.05) is 44.2 Å². The van der Waals surface area contributed by atoms with Gasteiger partial charge in [0.2, 0.25) is 0 Å². The van der Waals surface area contributed by atoms with Crippen LogP contribution >= 0.6 is 0 Å². The van der Waals surface area contributed by atoms with Gasteiger partial charge in [-0.3, -0.25) is 4.79 Å². The van der Waals surface area contributed by atoms with Gasteiger partial charge in [-0.25, -0.2) is 0 Å². The first kappa shape index (κ1) is 17.7. The Morgan fingerprint density at radius 1 is 1.14 bits per heavy atom. The second-order valence-corrected chi connectivity index (χ2v) is 6.94. The summed E-state index contributed by atoms with van der Waals surface area (Å²) in [6, 6.07) is 10.2. The van der Waals surface area contributed by atoms with Gasteiger partial charge in [-0.15, -0.1) is 0 Å². The average molecular weight is 293 g/mol. The monoisotopic (exact) mass is 293 g/mol. The lowest BCUT2D eigenvalue weighted by atomic mass is 9.93. The highest BCUT2D eigenvalue weighted by Gasteiger charge is 2.28. The van der Waals surface area contributed by atoms with Gasteiger partial charge in [-0.2, -0.15) is 0 Å². The van der Waals surface area contributed by atoms with E-state index in [0.717, 1.165) is 13.1 Å². The summed E-state index contributed by atoms with van der Waals surface area (Å²) >= 11 is 0. The van der Waals surface area contributed by atoms with E-state index in [1.165, 1.54) is 5.56 Å². The molecule has 0 aromatic heterocycles. The number of carboxylic acid groups (broad SMARTS) is 1. The van der Waals surface area contributed by atoms with Crippen LogP contribution in [-0.2, 0) is 16.1 Å². The number of carboxylic acids is 1. The van der Waals surface area contributed by atoms with E-state index in [1.54, 1.807) is 13.8 Å². The van der Waals surface area contributed by atoms with Gasteiger partial charge in [0.05, 0.1) is 18.6 Å². The molecule has 0 radical (unpaired) electrons. The van der Waals surface area contributed by atoms with Crippen molar-refractivity contribution in [3.63, 3.8) is 0 Å². The molecule has 1 aromatic carbocycles. The predicted molar refractivity (Wildman–Crippen MR) is 84.2 cm³/mol. The van der Waals surface area contributed by atoms with Crippen LogP contribution in [0, 0.1) is 10.8 Å². The van der Waals surface area contributed by atoms with Gasteiger partial charge in [0.1, 0.15) is 0 Å². The second kappa shape index (κ2) is 7.57. The summed E-state index contributed by atoms with van der Waals surface area (Å²) < 4.78 is 5.61. The molecule has 0 bridgehead atoms. The second-order valence-electron chi connectivity index (χ2n) is 6.94. The molecule has 4 heteroatoms. The number of hydrogen-bond acceptors (Lipinski definition) is 3. The van der Waals surface area contributed by atoms with Gasteiger partial charge in [0, 0.05) is 18.5 Å². The predicted octanol–water partition coefficient (Wildman–Crippen LogP) is 2.93. The molecule has 4 nitrogen and oxygen atoms in total. The van der Waals surface area contributed by atoms with Crippen LogP contribution < -0.4 is 5.32 Å². The summed E-state index contributed by atoms with van der Waals surface area (Å²) in [6.07, 6.45) is 0. The smallest absolute Gasteiger partial charge is 0.311 e. The fourth-order valence-electron chi connectivity index (χ4n) is 1.84. The molecule has 21 heavy (non-hydrogen) atoms. The first-order valence-corrected chi connectivity index (χ1v) is 7.29. The van der Waals surface area contributed by atoms with Crippen molar-refractivity contribution in [1.29, 1.82) is 0 Å². The molecule has 0 saturated carbocycles. The average Bonchev–Trinajstić information content (AvgIpc) is 2.39. The Kier molecular flexibility index (Phi) is 6.37. The van der Waals surface area contributed by atoms with Crippen LogP contribution in [0.2, 0.25) is 0 Å². The molecular weight excluding hydrogens is 266 g/mol. The van der Waals surface area contributed by atoms with Crippen molar-refractivity contribution in [2.45, 2.75) is 34.2 Å². The lowest BCUT2D eigenvalue weighted by Crippen LogP contribution is -2.36. The van der Waals surface area contributed by atoms with E-state index in [2.05, 4.69) is 31.3 Å². The SMILES string of the molecule is CC(C)(CNCc1ccccc1)COCC(C)(C)C(=O)O. The van der Waals surface area contributed by atoms with Gasteiger partial charge in [0.15, 0.2) is 0 Å². The Hall–Kier alpha value is -1.39. The zero-order valence-electron chi connectivity index (χ0n) is 13.5. The van der Waals surface area contributed by atoms with Gasteiger partial charge >= 0.3 is 5.97 Å². The van der Waals surface area contributed by atoms with Crippen LogP contribution in [0.25, 0.3) is 0 Å². The number of nitrogens with one attached hydrogen (secondary N) is 1. The van der Waals surface area contributed by atoms with Gasteiger partial charge < -0.3 is 15.2 Å². The Labute approximate surface area is 127 Å². The molecule has 2 N–H and O–H groups in total. The molecule has 0 saturated heterocycles. The zero-order chi connectivity index (χ0) is 15.9. The molecule has 1 aromatic rings. The van der Waals surface area contributed by atoms with Crippen molar-refractivity contribution < 1.29 is 14.6 Å². The van der Waals surface area contributed by atoms with E-state index in [9.17, 15) is 4.79 Å². The topological polar surface area (TPSA) is 58.6 Å². The maximum atomic E-state index is 11.0. The lowest BCUT2D eigenvalue weighted by Gasteiger charge is -2.27. The molecule has 0 unspecified atom stereocenters. The minimum absolute atomic E-state index is 0.0383. The molecule has 1 rings (SSSR count). The molecule has 0 aliphatic rings. The number of hydrogen-bond donors (Lipinski definition) is 2. The minimum Gasteiger partial charge on any atom is -0.481 e. The Morgan fingerprint density at radius 3 is 2.33 bits per heavy atom. The molecule has 0 amide bonds. The summed E-state index contributed by atoms with van der Waals surface area (Å²) in [5.41, 5.74) is 0.373. The molecule has 118 valence electrons. The van der Waals surface area contributed by atoms with Crippen LogP contribution in [0.15, 0.2) is 30.3 Å². The number of ether oxygens (including phenoxy) is 1. The van der Waals surface area contributed by atoms with Gasteiger partial charge in [-0.05, 0) is 19.4 Å². The Balaban J connectivity index is 2.29. The maximum Gasteiger partial charge on any atom is 0.311 e. The van der Waals surface area contributed by atoms with E-state index in [4.69, 9.17) is 9.84 Å². The highest BCUT2D eigenvalue weighted by molar-refractivity contribution is 5.73. The zero-order valence-corrected chi connectivity index (χ0v) is 13.5.